The molecule has 8 atom stereocenters. The number of carbonyl (C=O) groups is 1. The van der Waals surface area contributed by atoms with E-state index in [1.54, 1.807) is 5.57 Å². The topological polar surface area (TPSA) is 26.3 Å². The van der Waals surface area contributed by atoms with Gasteiger partial charge in [0.1, 0.15) is 11.5 Å². The Bertz CT molecular complexity index is 776. The lowest BCUT2D eigenvalue weighted by Gasteiger charge is -2.58. The van der Waals surface area contributed by atoms with E-state index in [-0.39, 0.29) is 12.1 Å². The standard InChI is InChI=1S/C34H57ClO2/c1-5-7-9-10-11-13-14-25-17-19-29-28-18-16-26-24-27(37-32(36)31(35)15-12-8-6-2)20-22-34(26,4)30(28)21-23-33(25,29)3/h16,25,27-31H,5-15,17-24H2,1-4H3/t25?,27-,28?,29?,30?,31?,33+,34-/m0/s1. The highest BCUT2D eigenvalue weighted by molar-refractivity contribution is 6.29. The zero-order chi connectivity index (χ0) is 26.5. The van der Waals surface area contributed by atoms with Crippen LogP contribution in [0.5, 0.6) is 0 Å². The van der Waals surface area contributed by atoms with Crippen molar-refractivity contribution in [2.75, 3.05) is 0 Å². The van der Waals surface area contributed by atoms with Gasteiger partial charge in [-0.15, -0.1) is 11.6 Å². The zero-order valence-corrected chi connectivity index (χ0v) is 25.4. The summed E-state index contributed by atoms with van der Waals surface area (Å²) in [7, 11) is 0. The number of allylic oxidation sites excluding steroid dienone is 1. The van der Waals surface area contributed by atoms with Gasteiger partial charge in [0.2, 0.25) is 0 Å². The van der Waals surface area contributed by atoms with Crippen molar-refractivity contribution in [1.29, 1.82) is 0 Å². The summed E-state index contributed by atoms with van der Waals surface area (Å²) in [5.41, 5.74) is 2.48. The molecule has 0 spiro atoms. The second-order valence-corrected chi connectivity index (χ2v) is 14.4. The lowest BCUT2D eigenvalue weighted by molar-refractivity contribution is -0.151. The van der Waals surface area contributed by atoms with Gasteiger partial charge in [-0.25, -0.2) is 0 Å². The summed E-state index contributed by atoms with van der Waals surface area (Å²) < 4.78 is 5.97. The minimum Gasteiger partial charge on any atom is -0.461 e. The first-order valence-corrected chi connectivity index (χ1v) is 16.8. The van der Waals surface area contributed by atoms with Crippen LogP contribution in [0.3, 0.4) is 0 Å². The minimum atomic E-state index is -0.479. The van der Waals surface area contributed by atoms with Crippen molar-refractivity contribution >= 4 is 17.6 Å². The van der Waals surface area contributed by atoms with E-state index in [1.807, 2.05) is 0 Å². The Labute approximate surface area is 234 Å². The van der Waals surface area contributed by atoms with Gasteiger partial charge in [0, 0.05) is 6.42 Å². The quantitative estimate of drug-likeness (QED) is 0.102. The molecule has 3 heteroatoms. The Balaban J connectivity index is 1.32. The first-order valence-electron chi connectivity index (χ1n) is 16.4. The van der Waals surface area contributed by atoms with Crippen molar-refractivity contribution in [2.45, 2.75) is 161 Å². The summed E-state index contributed by atoms with van der Waals surface area (Å²) >= 11 is 6.39. The summed E-state index contributed by atoms with van der Waals surface area (Å²) in [6.07, 6.45) is 26.8. The average molecular weight is 533 g/mol. The van der Waals surface area contributed by atoms with Gasteiger partial charge in [0.15, 0.2) is 0 Å². The molecule has 0 saturated heterocycles. The summed E-state index contributed by atoms with van der Waals surface area (Å²) in [5, 5.41) is -0.479. The monoisotopic (exact) mass is 532 g/mol. The largest absolute Gasteiger partial charge is 0.461 e. The maximum absolute atomic E-state index is 12.6. The third-order valence-electron chi connectivity index (χ3n) is 11.8. The molecule has 0 aromatic rings. The smallest absolute Gasteiger partial charge is 0.324 e. The minimum absolute atomic E-state index is 0.0258. The van der Waals surface area contributed by atoms with Crippen LogP contribution in [0, 0.1) is 34.5 Å². The summed E-state index contributed by atoms with van der Waals surface area (Å²) in [5.74, 6) is 3.38. The van der Waals surface area contributed by atoms with Gasteiger partial charge >= 0.3 is 5.97 Å². The van der Waals surface area contributed by atoms with Crippen LogP contribution in [-0.2, 0) is 9.53 Å². The third kappa shape index (κ3) is 6.47. The van der Waals surface area contributed by atoms with Crippen molar-refractivity contribution in [3.05, 3.63) is 11.6 Å². The summed E-state index contributed by atoms with van der Waals surface area (Å²) in [6.45, 7) is 9.74. The van der Waals surface area contributed by atoms with Gasteiger partial charge in [-0.3, -0.25) is 4.79 Å². The molecule has 2 nitrogen and oxygen atoms in total. The lowest BCUT2D eigenvalue weighted by Crippen LogP contribution is -2.50. The van der Waals surface area contributed by atoms with Crippen molar-refractivity contribution in [3.8, 4) is 0 Å². The normalized spacial score (nSPS) is 37.8. The van der Waals surface area contributed by atoms with Crippen molar-refractivity contribution < 1.29 is 9.53 Å². The Morgan fingerprint density at radius 1 is 0.946 bits per heavy atom. The molecule has 37 heavy (non-hydrogen) atoms. The number of unbranched alkanes of at least 4 members (excludes halogenated alkanes) is 7. The van der Waals surface area contributed by atoms with Crippen LogP contribution in [0.4, 0.5) is 0 Å². The van der Waals surface area contributed by atoms with E-state index in [2.05, 4.69) is 33.8 Å². The van der Waals surface area contributed by atoms with Gasteiger partial charge < -0.3 is 4.74 Å². The van der Waals surface area contributed by atoms with E-state index in [0.29, 0.717) is 10.8 Å². The molecule has 4 aliphatic rings. The molecule has 3 saturated carbocycles. The van der Waals surface area contributed by atoms with E-state index in [0.717, 1.165) is 62.2 Å². The van der Waals surface area contributed by atoms with Crippen molar-refractivity contribution in [1.82, 2.24) is 0 Å². The van der Waals surface area contributed by atoms with Crippen LogP contribution in [0.1, 0.15) is 150 Å². The molecule has 3 fully saturated rings. The van der Waals surface area contributed by atoms with Gasteiger partial charge in [-0.05, 0) is 92.3 Å². The van der Waals surface area contributed by atoms with Gasteiger partial charge in [0.25, 0.3) is 0 Å². The number of rotatable bonds is 13. The number of ether oxygens (including phenoxy) is 1. The van der Waals surface area contributed by atoms with Crippen molar-refractivity contribution in [3.63, 3.8) is 0 Å². The molecule has 0 radical (unpaired) electrons. The molecule has 0 bridgehead atoms. The lowest BCUT2D eigenvalue weighted by atomic mass is 9.47. The fourth-order valence-electron chi connectivity index (χ4n) is 9.41. The Morgan fingerprint density at radius 3 is 2.46 bits per heavy atom. The summed E-state index contributed by atoms with van der Waals surface area (Å²) in [4.78, 5) is 12.6. The highest BCUT2D eigenvalue weighted by Crippen LogP contribution is 2.66. The van der Waals surface area contributed by atoms with Crippen molar-refractivity contribution in [2.24, 2.45) is 34.5 Å². The van der Waals surface area contributed by atoms with Crippen LogP contribution in [-0.4, -0.2) is 17.5 Å². The fourth-order valence-corrected chi connectivity index (χ4v) is 9.62. The Kier molecular flexibility index (Phi) is 10.5. The maximum atomic E-state index is 12.6. The number of alkyl halides is 1. The number of halogens is 1. The van der Waals surface area contributed by atoms with E-state index in [9.17, 15) is 4.79 Å². The first kappa shape index (κ1) is 29.5. The highest BCUT2D eigenvalue weighted by atomic mass is 35.5. The molecule has 0 N–H and O–H groups in total. The van der Waals surface area contributed by atoms with Gasteiger partial charge in [-0.2, -0.15) is 0 Å². The van der Waals surface area contributed by atoms with Crippen LogP contribution in [0.25, 0.3) is 0 Å². The van der Waals surface area contributed by atoms with Crippen LogP contribution in [0.15, 0.2) is 11.6 Å². The summed E-state index contributed by atoms with van der Waals surface area (Å²) in [6, 6.07) is 0. The molecular formula is C34H57ClO2. The SMILES string of the molecule is CCCCCCCCC1CCC2C3CC=C4C[C@@H](OC(=O)C(Cl)CCCCC)CC[C@]4(C)C3CC[C@]12C. The molecule has 212 valence electrons. The molecular weight excluding hydrogens is 476 g/mol. The second-order valence-electron chi connectivity index (χ2n) is 13.9. The molecule has 5 unspecified atom stereocenters. The Hall–Kier alpha value is -0.500. The molecule has 0 aliphatic heterocycles. The van der Waals surface area contributed by atoms with E-state index < -0.39 is 5.38 Å². The van der Waals surface area contributed by atoms with E-state index in [1.165, 1.54) is 83.5 Å². The number of hydrogen-bond acceptors (Lipinski definition) is 2. The Morgan fingerprint density at radius 2 is 1.68 bits per heavy atom. The van der Waals surface area contributed by atoms with E-state index in [4.69, 9.17) is 16.3 Å². The number of esters is 1. The van der Waals surface area contributed by atoms with Crippen LogP contribution in [0.2, 0.25) is 0 Å². The predicted octanol–water partition coefficient (Wildman–Crippen LogP) is 10.4. The molecule has 0 amide bonds. The predicted molar refractivity (Wildman–Crippen MR) is 157 cm³/mol. The third-order valence-corrected chi connectivity index (χ3v) is 12.2. The number of fused-ring (bicyclic) bond motifs is 5. The number of carbonyl (C=O) groups excluding carboxylic acids is 1. The van der Waals surface area contributed by atoms with Crippen LogP contribution >= 0.6 is 11.6 Å². The molecule has 4 rings (SSSR count). The highest BCUT2D eigenvalue weighted by Gasteiger charge is 2.58. The molecule has 0 aromatic carbocycles. The van der Waals surface area contributed by atoms with Crippen LogP contribution < -0.4 is 0 Å². The first-order chi connectivity index (χ1) is 17.8. The molecule has 0 heterocycles. The molecule has 0 aromatic heterocycles. The van der Waals surface area contributed by atoms with Gasteiger partial charge in [0.05, 0.1) is 0 Å². The fraction of sp³-hybridized carbons (Fsp3) is 0.912. The molecule has 4 aliphatic carbocycles. The van der Waals surface area contributed by atoms with E-state index >= 15 is 0 Å². The second kappa shape index (κ2) is 13.2. The average Bonchev–Trinajstić information content (AvgIpc) is 3.22. The van der Waals surface area contributed by atoms with Gasteiger partial charge in [-0.1, -0.05) is 97.1 Å². The zero-order valence-electron chi connectivity index (χ0n) is 24.7. The maximum Gasteiger partial charge on any atom is 0.324 e. The number of hydrogen-bond donors (Lipinski definition) is 0.